The molecule has 20 heavy (non-hydrogen) atoms. The second-order valence-corrected chi connectivity index (χ2v) is 6.59. The van der Waals surface area contributed by atoms with Gasteiger partial charge in [0.1, 0.15) is 5.82 Å². The zero-order valence-electron chi connectivity index (χ0n) is 10.8. The second-order valence-electron chi connectivity index (χ2n) is 5.27. The zero-order chi connectivity index (χ0) is 14.2. The van der Waals surface area contributed by atoms with Gasteiger partial charge in [-0.1, -0.05) is 45.7 Å². The Kier molecular flexibility index (Phi) is 3.85. The fourth-order valence-electron chi connectivity index (χ4n) is 2.70. The molecule has 0 saturated carbocycles. The van der Waals surface area contributed by atoms with E-state index in [1.54, 1.807) is 12.1 Å². The van der Waals surface area contributed by atoms with E-state index < -0.39 is 0 Å². The SMILES string of the molecule is Fc1cccc(Cl)c1CC1(c2ccc(Br)cc2)CNC1. The minimum Gasteiger partial charge on any atom is -0.315 e. The highest BCUT2D eigenvalue weighted by molar-refractivity contribution is 9.10. The maximum Gasteiger partial charge on any atom is 0.127 e. The van der Waals surface area contributed by atoms with Gasteiger partial charge in [-0.05, 0) is 36.2 Å². The van der Waals surface area contributed by atoms with Gasteiger partial charge in [-0.2, -0.15) is 0 Å². The van der Waals surface area contributed by atoms with Crippen molar-refractivity contribution in [2.75, 3.05) is 13.1 Å². The molecule has 1 nitrogen and oxygen atoms in total. The van der Waals surface area contributed by atoms with Crippen molar-refractivity contribution in [3.63, 3.8) is 0 Å². The number of rotatable bonds is 3. The van der Waals surface area contributed by atoms with Gasteiger partial charge in [-0.15, -0.1) is 0 Å². The van der Waals surface area contributed by atoms with Gasteiger partial charge in [-0.3, -0.25) is 0 Å². The van der Waals surface area contributed by atoms with E-state index in [2.05, 4.69) is 33.4 Å². The lowest BCUT2D eigenvalue weighted by Crippen LogP contribution is -2.58. The van der Waals surface area contributed by atoms with E-state index >= 15 is 0 Å². The molecule has 1 heterocycles. The van der Waals surface area contributed by atoms with Gasteiger partial charge < -0.3 is 5.32 Å². The van der Waals surface area contributed by atoms with Crippen LogP contribution in [-0.4, -0.2) is 13.1 Å². The molecule has 4 heteroatoms. The summed E-state index contributed by atoms with van der Waals surface area (Å²) < 4.78 is 15.1. The van der Waals surface area contributed by atoms with Crippen molar-refractivity contribution in [1.82, 2.24) is 5.32 Å². The van der Waals surface area contributed by atoms with E-state index in [0.29, 0.717) is 17.0 Å². The maximum atomic E-state index is 14.0. The third kappa shape index (κ3) is 2.50. The molecule has 0 spiro atoms. The van der Waals surface area contributed by atoms with Crippen LogP contribution in [0.2, 0.25) is 5.02 Å². The van der Waals surface area contributed by atoms with Crippen molar-refractivity contribution < 1.29 is 4.39 Å². The molecule has 2 aromatic rings. The van der Waals surface area contributed by atoms with Gasteiger partial charge in [0, 0.05) is 33.6 Å². The molecule has 1 fully saturated rings. The first-order valence-electron chi connectivity index (χ1n) is 6.50. The first kappa shape index (κ1) is 14.1. The summed E-state index contributed by atoms with van der Waals surface area (Å²) in [4.78, 5) is 0. The van der Waals surface area contributed by atoms with Gasteiger partial charge in [0.05, 0.1) is 0 Å². The van der Waals surface area contributed by atoms with E-state index in [9.17, 15) is 4.39 Å². The minimum absolute atomic E-state index is 0.0630. The molecule has 1 saturated heterocycles. The second kappa shape index (κ2) is 5.47. The Morgan fingerprint density at radius 1 is 1.15 bits per heavy atom. The lowest BCUT2D eigenvalue weighted by atomic mass is 9.71. The lowest BCUT2D eigenvalue weighted by Gasteiger charge is -2.43. The Balaban J connectivity index is 1.96. The van der Waals surface area contributed by atoms with E-state index in [1.165, 1.54) is 11.6 Å². The normalized spacial score (nSPS) is 16.8. The summed E-state index contributed by atoms with van der Waals surface area (Å²) in [5.41, 5.74) is 1.77. The first-order chi connectivity index (χ1) is 9.61. The summed E-state index contributed by atoms with van der Waals surface area (Å²) in [6.07, 6.45) is 0.618. The predicted molar refractivity (Wildman–Crippen MR) is 83.8 cm³/mol. The van der Waals surface area contributed by atoms with E-state index in [1.807, 2.05) is 12.1 Å². The van der Waals surface area contributed by atoms with Crippen molar-refractivity contribution in [3.8, 4) is 0 Å². The summed E-state index contributed by atoms with van der Waals surface area (Å²) in [5, 5.41) is 3.80. The highest BCUT2D eigenvalue weighted by Gasteiger charge is 2.39. The van der Waals surface area contributed by atoms with Gasteiger partial charge in [0.2, 0.25) is 0 Å². The number of benzene rings is 2. The highest BCUT2D eigenvalue weighted by Crippen LogP contribution is 2.35. The fraction of sp³-hybridized carbons (Fsp3) is 0.250. The van der Waals surface area contributed by atoms with Gasteiger partial charge >= 0.3 is 0 Å². The summed E-state index contributed by atoms with van der Waals surface area (Å²) in [5.74, 6) is -0.221. The zero-order valence-corrected chi connectivity index (χ0v) is 13.1. The van der Waals surface area contributed by atoms with Crippen LogP contribution in [0, 0.1) is 5.82 Å². The van der Waals surface area contributed by atoms with Crippen LogP contribution in [0.3, 0.4) is 0 Å². The summed E-state index contributed by atoms with van der Waals surface area (Å²) in [7, 11) is 0. The maximum absolute atomic E-state index is 14.0. The van der Waals surface area contributed by atoms with Crippen molar-refractivity contribution in [2.24, 2.45) is 0 Å². The molecule has 2 aromatic carbocycles. The molecule has 1 aliphatic rings. The molecular weight excluding hydrogens is 341 g/mol. The molecular formula is C16H14BrClFN. The Bertz CT molecular complexity index is 603. The molecule has 1 aliphatic heterocycles. The van der Waals surface area contributed by atoms with Gasteiger partial charge in [0.15, 0.2) is 0 Å². The topological polar surface area (TPSA) is 12.0 Å². The Hall–Kier alpha value is -0.900. The Morgan fingerprint density at radius 2 is 1.85 bits per heavy atom. The Labute approximate surface area is 131 Å². The monoisotopic (exact) mass is 353 g/mol. The quantitative estimate of drug-likeness (QED) is 0.865. The number of nitrogens with one attached hydrogen (secondary N) is 1. The standard InChI is InChI=1S/C16H14BrClFN/c17-12-6-4-11(5-7-12)16(9-20-10-16)8-13-14(18)2-1-3-15(13)19/h1-7,20H,8-10H2. The van der Waals surface area contributed by atoms with E-state index in [-0.39, 0.29) is 11.2 Å². The molecule has 1 N–H and O–H groups in total. The first-order valence-corrected chi connectivity index (χ1v) is 7.67. The molecule has 0 bridgehead atoms. The van der Waals surface area contributed by atoms with Crippen molar-refractivity contribution in [1.29, 1.82) is 0 Å². The van der Waals surface area contributed by atoms with Crippen LogP contribution in [0.25, 0.3) is 0 Å². The highest BCUT2D eigenvalue weighted by atomic mass is 79.9. The van der Waals surface area contributed by atoms with Crippen LogP contribution in [0.1, 0.15) is 11.1 Å². The predicted octanol–water partition coefficient (Wildman–Crippen LogP) is 4.33. The number of hydrogen-bond acceptors (Lipinski definition) is 1. The smallest absolute Gasteiger partial charge is 0.127 e. The third-order valence-corrected chi connectivity index (χ3v) is 4.84. The molecule has 0 atom stereocenters. The number of halogens is 3. The average Bonchev–Trinajstić information content (AvgIpc) is 2.38. The van der Waals surface area contributed by atoms with Gasteiger partial charge in [0.25, 0.3) is 0 Å². The molecule has 104 valence electrons. The summed E-state index contributed by atoms with van der Waals surface area (Å²) in [6.45, 7) is 1.69. The molecule has 0 unspecified atom stereocenters. The number of hydrogen-bond donors (Lipinski definition) is 1. The molecule has 0 aromatic heterocycles. The third-order valence-electron chi connectivity index (χ3n) is 3.96. The average molecular weight is 355 g/mol. The summed E-state index contributed by atoms with van der Waals surface area (Å²) in [6, 6.07) is 13.1. The largest absolute Gasteiger partial charge is 0.315 e. The lowest BCUT2D eigenvalue weighted by molar-refractivity contribution is 0.272. The van der Waals surface area contributed by atoms with Crippen LogP contribution in [0.4, 0.5) is 4.39 Å². The van der Waals surface area contributed by atoms with Crippen molar-refractivity contribution >= 4 is 27.5 Å². The van der Waals surface area contributed by atoms with Crippen molar-refractivity contribution in [2.45, 2.75) is 11.8 Å². The van der Waals surface area contributed by atoms with E-state index in [4.69, 9.17) is 11.6 Å². The molecule has 3 rings (SSSR count). The minimum atomic E-state index is -0.221. The van der Waals surface area contributed by atoms with Crippen molar-refractivity contribution in [3.05, 3.63) is 68.9 Å². The molecule has 0 amide bonds. The summed E-state index contributed by atoms with van der Waals surface area (Å²) >= 11 is 9.61. The van der Waals surface area contributed by atoms with E-state index in [0.717, 1.165) is 17.6 Å². The fourth-order valence-corrected chi connectivity index (χ4v) is 3.20. The molecule has 0 aliphatic carbocycles. The van der Waals surface area contributed by atoms with Crippen LogP contribution >= 0.6 is 27.5 Å². The van der Waals surface area contributed by atoms with Crippen LogP contribution in [-0.2, 0) is 11.8 Å². The van der Waals surface area contributed by atoms with Crippen LogP contribution in [0.15, 0.2) is 46.9 Å². The molecule has 0 radical (unpaired) electrons. The van der Waals surface area contributed by atoms with Crippen LogP contribution in [0.5, 0.6) is 0 Å². The van der Waals surface area contributed by atoms with Gasteiger partial charge in [-0.25, -0.2) is 4.39 Å². The Morgan fingerprint density at radius 3 is 2.40 bits per heavy atom. The van der Waals surface area contributed by atoms with Crippen LogP contribution < -0.4 is 5.32 Å².